The predicted octanol–water partition coefficient (Wildman–Crippen LogP) is 2.44. The Morgan fingerprint density at radius 2 is 1.74 bits per heavy atom. The Labute approximate surface area is 180 Å². The number of carbonyl (C=O) groups is 2. The second-order valence-electron chi connectivity index (χ2n) is 4.92. The van der Waals surface area contributed by atoms with Crippen LogP contribution in [0.2, 0.25) is 0 Å². The molecule has 1 aromatic rings. The van der Waals surface area contributed by atoms with E-state index in [2.05, 4.69) is 11.3 Å². The molecule has 0 aliphatic rings. The minimum Gasteiger partial charge on any atom is -0.743 e. The number of ether oxygens (including phenoxy) is 3. The third-order valence-corrected chi connectivity index (χ3v) is 5.19. The number of rotatable bonds is 8. The number of benzene rings is 1. The number of hydrogen-bond acceptors (Lipinski definition) is 8. The Kier molecular flexibility index (Phi) is 8.36. The van der Waals surface area contributed by atoms with E-state index in [1.54, 1.807) is 0 Å². The lowest BCUT2D eigenvalue weighted by Crippen LogP contribution is -2.35. The molecule has 150 valence electrons. The van der Waals surface area contributed by atoms with E-state index in [1.165, 1.54) is 19.1 Å². The van der Waals surface area contributed by atoms with Crippen LogP contribution in [0.1, 0.15) is 6.92 Å². The van der Waals surface area contributed by atoms with Gasteiger partial charge in [-0.3, -0.25) is 0 Å². The molecule has 1 rings (SSSR count). The molecular formula is C14H11F2I2O8S-. The van der Waals surface area contributed by atoms with Crippen molar-refractivity contribution in [2.45, 2.75) is 12.2 Å². The van der Waals surface area contributed by atoms with Crippen molar-refractivity contribution in [1.82, 2.24) is 0 Å². The van der Waals surface area contributed by atoms with Gasteiger partial charge in [-0.1, -0.05) is 6.58 Å². The summed E-state index contributed by atoms with van der Waals surface area (Å²) in [5.41, 5.74) is 0.195. The first kappa shape index (κ1) is 24.0. The second kappa shape index (κ2) is 9.42. The van der Waals surface area contributed by atoms with Gasteiger partial charge in [0.05, 0.1) is 7.14 Å². The van der Waals surface area contributed by atoms with Gasteiger partial charge >= 0.3 is 17.2 Å². The third-order valence-electron chi connectivity index (χ3n) is 2.65. The first-order chi connectivity index (χ1) is 12.2. The molecule has 0 aliphatic heterocycles. The Hall–Kier alpha value is -1.07. The van der Waals surface area contributed by atoms with E-state index in [4.69, 9.17) is 9.47 Å². The summed E-state index contributed by atoms with van der Waals surface area (Å²) in [7, 11) is -5.95. The van der Waals surface area contributed by atoms with Gasteiger partial charge in [0.25, 0.3) is 0 Å². The molecule has 0 fully saturated rings. The summed E-state index contributed by atoms with van der Waals surface area (Å²) in [4.78, 5) is 23.0. The van der Waals surface area contributed by atoms with Crippen molar-refractivity contribution < 1.29 is 45.6 Å². The predicted molar refractivity (Wildman–Crippen MR) is 103 cm³/mol. The highest BCUT2D eigenvalue weighted by Crippen LogP contribution is 2.31. The molecule has 0 heterocycles. The fourth-order valence-electron chi connectivity index (χ4n) is 1.30. The van der Waals surface area contributed by atoms with Crippen molar-refractivity contribution in [3.8, 4) is 11.5 Å². The van der Waals surface area contributed by atoms with Crippen LogP contribution in [0.5, 0.6) is 11.5 Å². The highest BCUT2D eigenvalue weighted by molar-refractivity contribution is 14.1. The van der Waals surface area contributed by atoms with Crippen LogP contribution in [0.15, 0.2) is 24.3 Å². The number of carbonyl (C=O) groups excluding carboxylic acids is 2. The normalized spacial score (nSPS) is 11.6. The van der Waals surface area contributed by atoms with Crippen LogP contribution in [-0.4, -0.2) is 43.4 Å². The number of hydrogen-bond donors (Lipinski definition) is 0. The zero-order chi connectivity index (χ0) is 21.0. The second-order valence-corrected chi connectivity index (χ2v) is 8.75. The average Bonchev–Trinajstić information content (AvgIpc) is 2.53. The van der Waals surface area contributed by atoms with E-state index in [1.807, 2.05) is 45.2 Å². The fourth-order valence-corrected chi connectivity index (χ4v) is 2.65. The Balaban J connectivity index is 2.72. The molecule has 13 heteroatoms. The van der Waals surface area contributed by atoms with Crippen molar-refractivity contribution in [3.63, 3.8) is 0 Å². The first-order valence-electron chi connectivity index (χ1n) is 6.73. The zero-order valence-corrected chi connectivity index (χ0v) is 18.6. The van der Waals surface area contributed by atoms with Gasteiger partial charge < -0.3 is 18.8 Å². The molecule has 0 unspecified atom stereocenters. The minimum atomic E-state index is -5.95. The SMILES string of the molecule is C=C(C)C(=O)Oc1cc(I)c(OCC(=O)OCC(F)(F)S(=O)(=O)[O-])cc1I. The van der Waals surface area contributed by atoms with E-state index in [0.717, 1.165) is 0 Å². The van der Waals surface area contributed by atoms with Gasteiger partial charge in [-0.05, 0) is 64.2 Å². The lowest BCUT2D eigenvalue weighted by atomic mass is 10.3. The maximum absolute atomic E-state index is 12.9. The van der Waals surface area contributed by atoms with Crippen LogP contribution in [0.3, 0.4) is 0 Å². The van der Waals surface area contributed by atoms with E-state index < -0.39 is 40.5 Å². The van der Waals surface area contributed by atoms with Crippen LogP contribution >= 0.6 is 45.2 Å². The van der Waals surface area contributed by atoms with Gasteiger partial charge in [-0.25, -0.2) is 18.0 Å². The van der Waals surface area contributed by atoms with Gasteiger partial charge in [0.2, 0.25) is 0 Å². The average molecular weight is 631 g/mol. The zero-order valence-electron chi connectivity index (χ0n) is 13.5. The summed E-state index contributed by atoms with van der Waals surface area (Å²) in [6.45, 7) is 2.21. The van der Waals surface area contributed by atoms with Gasteiger partial charge in [0.1, 0.15) is 11.5 Å². The number of alkyl halides is 2. The molecule has 0 saturated heterocycles. The summed E-state index contributed by atoms with van der Waals surface area (Å²) in [6, 6.07) is 2.87. The standard InChI is InChI=1S/C14H12F2I2O8S/c1-7(2)13(20)26-11-4-8(17)10(3-9(11)18)24-5-12(19)25-6-14(15,16)27(21,22)23/h3-4H,1,5-6H2,2H3,(H,21,22,23)/p-1. The molecule has 0 radical (unpaired) electrons. The van der Waals surface area contributed by atoms with E-state index in [0.29, 0.717) is 7.14 Å². The van der Waals surface area contributed by atoms with E-state index >= 15 is 0 Å². The number of esters is 2. The van der Waals surface area contributed by atoms with Crippen LogP contribution in [-0.2, 0) is 24.4 Å². The van der Waals surface area contributed by atoms with E-state index in [-0.39, 0.29) is 17.1 Å². The largest absolute Gasteiger partial charge is 0.743 e. The van der Waals surface area contributed by atoms with Crippen molar-refractivity contribution in [2.24, 2.45) is 0 Å². The molecule has 0 aromatic heterocycles. The van der Waals surface area contributed by atoms with Crippen molar-refractivity contribution in [1.29, 1.82) is 0 Å². The van der Waals surface area contributed by atoms with Crippen molar-refractivity contribution in [3.05, 3.63) is 31.4 Å². The topological polar surface area (TPSA) is 119 Å². The summed E-state index contributed by atoms with van der Waals surface area (Å²) < 4.78 is 71.9. The Morgan fingerprint density at radius 3 is 2.26 bits per heavy atom. The van der Waals surface area contributed by atoms with Crippen LogP contribution in [0.25, 0.3) is 0 Å². The third kappa shape index (κ3) is 7.11. The maximum Gasteiger partial charge on any atom is 0.367 e. The van der Waals surface area contributed by atoms with Crippen LogP contribution in [0, 0.1) is 7.14 Å². The van der Waals surface area contributed by atoms with Gasteiger partial charge in [-0.2, -0.15) is 8.78 Å². The highest BCUT2D eigenvalue weighted by atomic mass is 127. The summed E-state index contributed by atoms with van der Waals surface area (Å²) >= 11 is 3.67. The quantitative estimate of drug-likeness (QED) is 0.141. The molecule has 0 atom stereocenters. The molecule has 0 saturated carbocycles. The molecule has 8 nitrogen and oxygen atoms in total. The molecular weight excluding hydrogens is 620 g/mol. The highest BCUT2D eigenvalue weighted by Gasteiger charge is 2.39. The molecule has 0 bridgehead atoms. The van der Waals surface area contributed by atoms with Gasteiger partial charge in [0.15, 0.2) is 23.3 Å². The van der Waals surface area contributed by atoms with Crippen molar-refractivity contribution >= 4 is 67.2 Å². The molecule has 0 aliphatic carbocycles. The van der Waals surface area contributed by atoms with Gasteiger partial charge in [0, 0.05) is 5.57 Å². The minimum absolute atomic E-state index is 0.162. The van der Waals surface area contributed by atoms with E-state index in [9.17, 15) is 31.3 Å². The lowest BCUT2D eigenvalue weighted by Gasteiger charge is -2.19. The monoisotopic (exact) mass is 631 g/mol. The molecule has 27 heavy (non-hydrogen) atoms. The summed E-state index contributed by atoms with van der Waals surface area (Å²) in [5, 5.41) is -4.73. The van der Waals surface area contributed by atoms with Crippen LogP contribution in [0.4, 0.5) is 8.78 Å². The molecule has 1 aromatic carbocycles. The Bertz CT molecular complexity index is 870. The summed E-state index contributed by atoms with van der Waals surface area (Å²) in [6.07, 6.45) is 0. The Morgan fingerprint density at radius 1 is 1.22 bits per heavy atom. The van der Waals surface area contributed by atoms with Crippen LogP contribution < -0.4 is 9.47 Å². The van der Waals surface area contributed by atoms with Gasteiger partial charge in [-0.15, -0.1) is 0 Å². The smallest absolute Gasteiger partial charge is 0.367 e. The fraction of sp³-hybridized carbons (Fsp3) is 0.286. The first-order valence-corrected chi connectivity index (χ1v) is 10.3. The summed E-state index contributed by atoms with van der Waals surface area (Å²) in [5.74, 6) is -1.55. The molecule has 0 amide bonds. The number of halogens is 4. The van der Waals surface area contributed by atoms with Crippen molar-refractivity contribution in [2.75, 3.05) is 13.2 Å². The lowest BCUT2D eigenvalue weighted by molar-refractivity contribution is -0.152. The molecule has 0 spiro atoms. The maximum atomic E-state index is 12.9. The molecule has 0 N–H and O–H groups in total.